The van der Waals surface area contributed by atoms with Gasteiger partial charge in [-0.2, -0.15) is 0 Å². The van der Waals surface area contributed by atoms with Crippen molar-refractivity contribution in [2.75, 3.05) is 13.2 Å². The van der Waals surface area contributed by atoms with Gasteiger partial charge in [-0.1, -0.05) is 32.0 Å². The van der Waals surface area contributed by atoms with E-state index in [1.807, 2.05) is 19.9 Å². The zero-order chi connectivity index (χ0) is 18.0. The summed E-state index contributed by atoms with van der Waals surface area (Å²) in [6, 6.07) is 8.68. The molecule has 1 rings (SSSR count). The van der Waals surface area contributed by atoms with Gasteiger partial charge in [-0.25, -0.2) is 4.79 Å². The highest BCUT2D eigenvalue weighted by atomic mass is 16.5. The van der Waals surface area contributed by atoms with Crippen LogP contribution in [0.5, 0.6) is 0 Å². The molecule has 1 N–H and O–H groups in total. The van der Waals surface area contributed by atoms with E-state index < -0.39 is 17.4 Å². The third kappa shape index (κ3) is 8.31. The topological polar surface area (TPSA) is 89.9 Å². The number of rotatable bonds is 10. The summed E-state index contributed by atoms with van der Waals surface area (Å²) >= 11 is 0. The average molecular weight is 336 g/mol. The van der Waals surface area contributed by atoms with Crippen LogP contribution in [0, 0.1) is 5.41 Å². The Labute approximate surface area is 141 Å². The van der Waals surface area contributed by atoms with Crippen molar-refractivity contribution >= 4 is 17.9 Å². The first-order valence-electron chi connectivity index (χ1n) is 7.90. The quantitative estimate of drug-likeness (QED) is 0.522. The first kappa shape index (κ1) is 19.7. The third-order valence-corrected chi connectivity index (χ3v) is 3.25. The number of hydrogen-bond donors (Lipinski definition) is 1. The number of carbonyl (C=O) groups excluding carboxylic acids is 2. The Morgan fingerprint density at radius 1 is 0.958 bits per heavy atom. The molecule has 6 nitrogen and oxygen atoms in total. The molecule has 24 heavy (non-hydrogen) atoms. The number of esters is 2. The van der Waals surface area contributed by atoms with Crippen molar-refractivity contribution in [3.63, 3.8) is 0 Å². The highest BCUT2D eigenvalue weighted by molar-refractivity contribution is 5.89. The Kier molecular flexibility index (Phi) is 7.95. The molecule has 0 fully saturated rings. The SMILES string of the molecule is CC(C)(COC(=O)CCCCC(=O)O)COC(=O)c1ccccc1. The van der Waals surface area contributed by atoms with Crippen LogP contribution in [0.1, 0.15) is 49.9 Å². The summed E-state index contributed by atoms with van der Waals surface area (Å²) in [4.78, 5) is 33.9. The highest BCUT2D eigenvalue weighted by Crippen LogP contribution is 2.17. The van der Waals surface area contributed by atoms with E-state index >= 15 is 0 Å². The number of aliphatic carboxylic acids is 1. The van der Waals surface area contributed by atoms with Gasteiger partial charge in [-0.05, 0) is 25.0 Å². The first-order chi connectivity index (χ1) is 11.3. The van der Waals surface area contributed by atoms with E-state index in [2.05, 4.69) is 0 Å². The van der Waals surface area contributed by atoms with Crippen LogP contribution in [0.15, 0.2) is 30.3 Å². The molecule has 0 amide bonds. The lowest BCUT2D eigenvalue weighted by Gasteiger charge is -2.23. The Morgan fingerprint density at radius 2 is 1.54 bits per heavy atom. The summed E-state index contributed by atoms with van der Waals surface area (Å²) in [5, 5.41) is 8.52. The Morgan fingerprint density at radius 3 is 2.17 bits per heavy atom. The summed E-state index contributed by atoms with van der Waals surface area (Å²) in [7, 11) is 0. The van der Waals surface area contributed by atoms with Crippen molar-refractivity contribution in [3.05, 3.63) is 35.9 Å². The van der Waals surface area contributed by atoms with Crippen molar-refractivity contribution in [1.82, 2.24) is 0 Å². The molecule has 0 heterocycles. The van der Waals surface area contributed by atoms with Crippen LogP contribution >= 0.6 is 0 Å². The number of benzene rings is 1. The Hall–Kier alpha value is -2.37. The fourth-order valence-electron chi connectivity index (χ4n) is 1.85. The maximum absolute atomic E-state index is 11.9. The lowest BCUT2D eigenvalue weighted by atomic mass is 9.96. The van der Waals surface area contributed by atoms with Crippen LogP contribution < -0.4 is 0 Å². The third-order valence-electron chi connectivity index (χ3n) is 3.25. The van der Waals surface area contributed by atoms with Gasteiger partial charge in [-0.3, -0.25) is 9.59 Å². The highest BCUT2D eigenvalue weighted by Gasteiger charge is 2.23. The second-order valence-electron chi connectivity index (χ2n) is 6.37. The van der Waals surface area contributed by atoms with Gasteiger partial charge in [-0.15, -0.1) is 0 Å². The van der Waals surface area contributed by atoms with Crippen LogP contribution in [0.2, 0.25) is 0 Å². The smallest absolute Gasteiger partial charge is 0.338 e. The normalized spacial score (nSPS) is 10.9. The van der Waals surface area contributed by atoms with Gasteiger partial charge in [0.2, 0.25) is 0 Å². The zero-order valence-corrected chi connectivity index (χ0v) is 14.1. The van der Waals surface area contributed by atoms with Crippen molar-refractivity contribution in [2.45, 2.75) is 39.5 Å². The molecule has 0 bridgehead atoms. The molecule has 0 aliphatic rings. The largest absolute Gasteiger partial charge is 0.481 e. The van der Waals surface area contributed by atoms with E-state index in [-0.39, 0.29) is 32.0 Å². The van der Waals surface area contributed by atoms with Gasteiger partial charge in [0.25, 0.3) is 0 Å². The van der Waals surface area contributed by atoms with Crippen molar-refractivity contribution in [2.24, 2.45) is 5.41 Å². The molecular formula is C18H24O6. The van der Waals surface area contributed by atoms with Crippen LogP contribution in [-0.2, 0) is 19.1 Å². The van der Waals surface area contributed by atoms with Gasteiger partial charge < -0.3 is 14.6 Å². The minimum atomic E-state index is -0.871. The van der Waals surface area contributed by atoms with Crippen LogP contribution in [0.4, 0.5) is 0 Å². The lowest BCUT2D eigenvalue weighted by Crippen LogP contribution is -2.28. The molecule has 0 aromatic heterocycles. The fraction of sp³-hybridized carbons (Fsp3) is 0.500. The average Bonchev–Trinajstić information content (AvgIpc) is 2.55. The second kappa shape index (κ2) is 9.70. The van der Waals surface area contributed by atoms with E-state index in [0.717, 1.165) is 0 Å². The maximum atomic E-state index is 11.9. The Bertz CT molecular complexity index is 550. The fourth-order valence-corrected chi connectivity index (χ4v) is 1.85. The van der Waals surface area contributed by atoms with E-state index in [0.29, 0.717) is 18.4 Å². The first-order valence-corrected chi connectivity index (χ1v) is 7.90. The van der Waals surface area contributed by atoms with Gasteiger partial charge in [0.1, 0.15) is 0 Å². The predicted molar refractivity (Wildman–Crippen MR) is 87.6 cm³/mol. The zero-order valence-electron chi connectivity index (χ0n) is 14.1. The lowest BCUT2D eigenvalue weighted by molar-refractivity contribution is -0.148. The number of unbranched alkanes of at least 4 members (excludes halogenated alkanes) is 1. The molecule has 0 atom stereocenters. The molecule has 0 spiro atoms. The van der Waals surface area contributed by atoms with Crippen molar-refractivity contribution < 1.29 is 29.0 Å². The molecule has 0 aliphatic heterocycles. The number of carbonyl (C=O) groups is 3. The number of ether oxygens (including phenoxy) is 2. The monoisotopic (exact) mass is 336 g/mol. The minimum Gasteiger partial charge on any atom is -0.481 e. The number of carboxylic acid groups (broad SMARTS) is 1. The molecule has 0 saturated heterocycles. The minimum absolute atomic E-state index is 0.0498. The van der Waals surface area contributed by atoms with Crippen molar-refractivity contribution in [1.29, 1.82) is 0 Å². The summed E-state index contributed by atoms with van der Waals surface area (Å²) in [6.07, 6.45) is 1.17. The molecule has 1 aromatic carbocycles. The second-order valence-corrected chi connectivity index (χ2v) is 6.37. The predicted octanol–water partition coefficient (Wildman–Crippen LogP) is 3.06. The van der Waals surface area contributed by atoms with Crippen LogP contribution in [0.25, 0.3) is 0 Å². The molecule has 0 radical (unpaired) electrons. The summed E-state index contributed by atoms with van der Waals surface area (Å²) in [6.45, 7) is 3.94. The number of hydrogen-bond acceptors (Lipinski definition) is 5. The van der Waals surface area contributed by atoms with Gasteiger partial charge in [0, 0.05) is 18.3 Å². The standard InChI is InChI=1S/C18H24O6/c1-18(2,12-23-16(21)11-7-6-10-15(19)20)13-24-17(22)14-8-4-3-5-9-14/h3-5,8-9H,6-7,10-13H2,1-2H3,(H,19,20). The van der Waals surface area contributed by atoms with E-state index in [1.165, 1.54) is 0 Å². The number of carboxylic acids is 1. The molecule has 132 valence electrons. The summed E-state index contributed by atoms with van der Waals surface area (Å²) in [5.74, 6) is -1.66. The molecular weight excluding hydrogens is 312 g/mol. The maximum Gasteiger partial charge on any atom is 0.338 e. The summed E-state index contributed by atoms with van der Waals surface area (Å²) in [5.41, 5.74) is -0.0232. The van der Waals surface area contributed by atoms with Gasteiger partial charge >= 0.3 is 17.9 Å². The van der Waals surface area contributed by atoms with Gasteiger partial charge in [0.15, 0.2) is 0 Å². The molecule has 0 aliphatic carbocycles. The molecule has 0 saturated carbocycles. The molecule has 6 heteroatoms. The van der Waals surface area contributed by atoms with Gasteiger partial charge in [0.05, 0.1) is 18.8 Å². The Balaban J connectivity index is 2.26. The molecule has 0 unspecified atom stereocenters. The van der Waals surface area contributed by atoms with E-state index in [1.54, 1.807) is 24.3 Å². The van der Waals surface area contributed by atoms with Crippen LogP contribution in [0.3, 0.4) is 0 Å². The molecule has 1 aromatic rings. The van der Waals surface area contributed by atoms with Crippen molar-refractivity contribution in [3.8, 4) is 0 Å². The van der Waals surface area contributed by atoms with E-state index in [9.17, 15) is 14.4 Å². The van der Waals surface area contributed by atoms with Crippen LogP contribution in [-0.4, -0.2) is 36.2 Å². The van der Waals surface area contributed by atoms with E-state index in [4.69, 9.17) is 14.6 Å². The summed E-state index contributed by atoms with van der Waals surface area (Å²) < 4.78 is 10.4.